The van der Waals surface area contributed by atoms with Crippen molar-refractivity contribution in [3.63, 3.8) is 0 Å². The van der Waals surface area contributed by atoms with Crippen molar-refractivity contribution in [2.45, 2.75) is 33.3 Å². The second kappa shape index (κ2) is 9.28. The van der Waals surface area contributed by atoms with Gasteiger partial charge in [-0.1, -0.05) is 18.2 Å². The lowest BCUT2D eigenvalue weighted by Crippen LogP contribution is -2.38. The lowest BCUT2D eigenvalue weighted by atomic mass is 10.1. The van der Waals surface area contributed by atoms with Gasteiger partial charge in [0.05, 0.1) is 12.5 Å². The van der Waals surface area contributed by atoms with E-state index in [1.165, 1.54) is 6.92 Å². The summed E-state index contributed by atoms with van der Waals surface area (Å²) in [5, 5.41) is 3.96. The number of hydrogen-bond donors (Lipinski definition) is 2. The summed E-state index contributed by atoms with van der Waals surface area (Å²) in [7, 11) is 0. The summed E-state index contributed by atoms with van der Waals surface area (Å²) in [6.07, 6.45) is 2.26. The highest BCUT2D eigenvalue weighted by molar-refractivity contribution is 5.92. The second-order valence-electron chi connectivity index (χ2n) is 7.22. The Morgan fingerprint density at radius 2 is 1.83 bits per heavy atom. The van der Waals surface area contributed by atoms with Crippen molar-refractivity contribution in [3.05, 3.63) is 60.3 Å². The van der Waals surface area contributed by atoms with E-state index in [0.717, 1.165) is 27.9 Å². The molecule has 0 atom stereocenters. The maximum atomic E-state index is 12.3. The van der Waals surface area contributed by atoms with Crippen molar-refractivity contribution in [2.75, 3.05) is 18.0 Å². The third-order valence-electron chi connectivity index (χ3n) is 4.58. The van der Waals surface area contributed by atoms with Crippen molar-refractivity contribution in [1.82, 2.24) is 10.3 Å². The van der Waals surface area contributed by atoms with Crippen molar-refractivity contribution >= 4 is 28.4 Å². The van der Waals surface area contributed by atoms with Crippen molar-refractivity contribution in [3.8, 4) is 5.75 Å². The van der Waals surface area contributed by atoms with Crippen LogP contribution in [0.1, 0.15) is 26.3 Å². The van der Waals surface area contributed by atoms with Gasteiger partial charge in [0.15, 0.2) is 0 Å². The molecule has 1 heterocycles. The summed E-state index contributed by atoms with van der Waals surface area (Å²) < 4.78 is 5.64. The molecule has 0 spiro atoms. The van der Waals surface area contributed by atoms with Gasteiger partial charge in [0, 0.05) is 42.8 Å². The van der Waals surface area contributed by atoms with Gasteiger partial charge < -0.3 is 19.9 Å². The molecule has 2 N–H and O–H groups in total. The van der Waals surface area contributed by atoms with E-state index in [0.29, 0.717) is 19.5 Å². The summed E-state index contributed by atoms with van der Waals surface area (Å²) in [6, 6.07) is 15.3. The van der Waals surface area contributed by atoms with E-state index in [1.807, 2.05) is 68.6 Å². The third-order valence-corrected chi connectivity index (χ3v) is 4.58. The summed E-state index contributed by atoms with van der Waals surface area (Å²) in [6.45, 7) is 6.24. The van der Waals surface area contributed by atoms with Gasteiger partial charge in [0.25, 0.3) is 0 Å². The molecule has 0 aliphatic rings. The predicted octanol–water partition coefficient (Wildman–Crippen LogP) is 3.67. The van der Waals surface area contributed by atoms with Crippen molar-refractivity contribution in [2.24, 2.45) is 0 Å². The molecule has 0 bridgehead atoms. The van der Waals surface area contributed by atoms with Gasteiger partial charge in [-0.05, 0) is 49.7 Å². The van der Waals surface area contributed by atoms with Gasteiger partial charge in [0.2, 0.25) is 11.8 Å². The molecule has 152 valence electrons. The average Bonchev–Trinajstić information content (AvgIpc) is 3.08. The number of H-pyrrole nitrogens is 1. The molecular formula is C23H27N3O3. The molecule has 6 heteroatoms. The molecule has 0 saturated heterocycles. The zero-order valence-electron chi connectivity index (χ0n) is 17.1. The van der Waals surface area contributed by atoms with E-state index in [1.54, 1.807) is 4.90 Å². The zero-order valence-corrected chi connectivity index (χ0v) is 17.1. The van der Waals surface area contributed by atoms with E-state index >= 15 is 0 Å². The molecule has 0 aliphatic heterocycles. The van der Waals surface area contributed by atoms with E-state index in [-0.39, 0.29) is 17.9 Å². The first-order valence-electron chi connectivity index (χ1n) is 9.80. The molecule has 0 saturated carbocycles. The molecule has 6 nitrogen and oxygen atoms in total. The topological polar surface area (TPSA) is 74.4 Å². The number of aromatic nitrogens is 1. The number of fused-ring (bicyclic) bond motifs is 1. The monoisotopic (exact) mass is 393 g/mol. The highest BCUT2D eigenvalue weighted by atomic mass is 16.5. The van der Waals surface area contributed by atoms with Crippen molar-refractivity contribution < 1.29 is 14.3 Å². The van der Waals surface area contributed by atoms with Crippen LogP contribution in [0.15, 0.2) is 54.7 Å². The van der Waals surface area contributed by atoms with Gasteiger partial charge in [-0.2, -0.15) is 0 Å². The van der Waals surface area contributed by atoms with Crippen LogP contribution in [0.25, 0.3) is 10.9 Å². The van der Waals surface area contributed by atoms with Crippen LogP contribution in [0, 0.1) is 0 Å². The quantitative estimate of drug-likeness (QED) is 0.613. The first-order chi connectivity index (χ1) is 13.9. The maximum absolute atomic E-state index is 12.3. The minimum absolute atomic E-state index is 0.0704. The summed E-state index contributed by atoms with van der Waals surface area (Å²) in [5.41, 5.74) is 2.75. The van der Waals surface area contributed by atoms with E-state index in [4.69, 9.17) is 4.74 Å². The van der Waals surface area contributed by atoms with Crippen LogP contribution in [0.3, 0.4) is 0 Å². The number of ether oxygens (including phenoxy) is 1. The number of hydrogen-bond acceptors (Lipinski definition) is 3. The predicted molar refractivity (Wildman–Crippen MR) is 115 cm³/mol. The van der Waals surface area contributed by atoms with E-state index in [2.05, 4.69) is 10.3 Å². The van der Waals surface area contributed by atoms with Gasteiger partial charge in [-0.3, -0.25) is 9.59 Å². The third kappa shape index (κ3) is 5.38. The molecule has 3 rings (SSSR count). The Hall–Kier alpha value is -3.28. The number of benzene rings is 2. The number of aromatic amines is 1. The normalized spacial score (nSPS) is 10.9. The minimum Gasteiger partial charge on any atom is -0.491 e. The molecular weight excluding hydrogens is 366 g/mol. The highest BCUT2D eigenvalue weighted by Gasteiger charge is 2.13. The number of carbonyl (C=O) groups excluding carboxylic acids is 2. The van der Waals surface area contributed by atoms with Crippen LogP contribution >= 0.6 is 0 Å². The Balaban J connectivity index is 1.55. The second-order valence-corrected chi connectivity index (χ2v) is 7.22. The largest absolute Gasteiger partial charge is 0.491 e. The number of anilines is 1. The van der Waals surface area contributed by atoms with Gasteiger partial charge in [-0.25, -0.2) is 0 Å². The van der Waals surface area contributed by atoms with E-state index in [9.17, 15) is 9.59 Å². The number of rotatable bonds is 8. The molecule has 0 radical (unpaired) electrons. The maximum Gasteiger partial charge on any atom is 0.224 e. The average molecular weight is 393 g/mol. The fraction of sp³-hybridized carbons (Fsp3) is 0.304. The van der Waals surface area contributed by atoms with Crippen LogP contribution in [0.4, 0.5) is 5.69 Å². The molecule has 2 amide bonds. The van der Waals surface area contributed by atoms with Crippen LogP contribution < -0.4 is 15.0 Å². The highest BCUT2D eigenvalue weighted by Crippen LogP contribution is 2.21. The van der Waals surface area contributed by atoms with Gasteiger partial charge in [0.1, 0.15) is 5.75 Å². The molecule has 2 aromatic carbocycles. The standard InChI is InChI=1S/C23H27N3O3/c1-16(2)29-20-10-8-19(9-11-20)26(17(3)27)13-12-24-23(28)14-18-15-25-22-7-5-4-6-21(18)22/h4-11,15-16,25H,12-14H2,1-3H3,(H,24,28). The Bertz CT molecular complexity index is 976. The van der Waals surface area contributed by atoms with Crippen LogP contribution in [0.2, 0.25) is 0 Å². The van der Waals surface area contributed by atoms with Gasteiger partial charge in [-0.15, -0.1) is 0 Å². The van der Waals surface area contributed by atoms with Crippen LogP contribution in [-0.2, 0) is 16.0 Å². The Morgan fingerprint density at radius 1 is 1.10 bits per heavy atom. The lowest BCUT2D eigenvalue weighted by Gasteiger charge is -2.22. The zero-order chi connectivity index (χ0) is 20.8. The SMILES string of the molecule is CC(=O)N(CCNC(=O)Cc1c[nH]c2ccccc12)c1ccc(OC(C)C)cc1. The number of nitrogens with one attached hydrogen (secondary N) is 2. The number of carbonyl (C=O) groups is 2. The molecule has 0 aliphatic carbocycles. The first kappa shape index (κ1) is 20.5. The molecule has 0 fully saturated rings. The fourth-order valence-electron chi connectivity index (χ4n) is 3.27. The first-order valence-corrected chi connectivity index (χ1v) is 9.80. The smallest absolute Gasteiger partial charge is 0.224 e. The number of para-hydroxylation sites is 1. The number of amides is 2. The minimum atomic E-state index is -0.0756. The van der Waals surface area contributed by atoms with Gasteiger partial charge >= 0.3 is 0 Å². The van der Waals surface area contributed by atoms with Crippen molar-refractivity contribution in [1.29, 1.82) is 0 Å². The van der Waals surface area contributed by atoms with E-state index < -0.39 is 0 Å². The van der Waals surface area contributed by atoms with Crippen LogP contribution in [0.5, 0.6) is 5.75 Å². The molecule has 29 heavy (non-hydrogen) atoms. The Kier molecular flexibility index (Phi) is 6.54. The summed E-state index contributed by atoms with van der Waals surface area (Å²) in [5.74, 6) is 0.617. The summed E-state index contributed by atoms with van der Waals surface area (Å²) in [4.78, 5) is 29.2. The lowest BCUT2D eigenvalue weighted by molar-refractivity contribution is -0.121. The molecule has 1 aromatic heterocycles. The molecule has 0 unspecified atom stereocenters. The van der Waals surface area contributed by atoms with Crippen LogP contribution in [-0.4, -0.2) is 36.0 Å². The molecule has 3 aromatic rings. The fourth-order valence-corrected chi connectivity index (χ4v) is 3.27. The Labute approximate surface area is 170 Å². The number of nitrogens with zero attached hydrogens (tertiary/aromatic N) is 1. The Morgan fingerprint density at radius 3 is 2.52 bits per heavy atom. The summed E-state index contributed by atoms with van der Waals surface area (Å²) >= 11 is 0.